The van der Waals surface area contributed by atoms with Crippen LogP contribution >= 0.6 is 0 Å². The molecule has 0 aliphatic heterocycles. The Hall–Kier alpha value is -2.70. The van der Waals surface area contributed by atoms with E-state index in [-0.39, 0.29) is 5.69 Å². The molecule has 7 nitrogen and oxygen atoms in total. The number of carboxylic acids is 1. The van der Waals surface area contributed by atoms with Crippen LogP contribution < -0.4 is 0 Å². The molecule has 3 heterocycles. The SMILES string of the molecule is Cc1cc(-n2cnc(C(=O)O)c2)n2ncnc2c1. The van der Waals surface area contributed by atoms with Gasteiger partial charge in [0, 0.05) is 6.20 Å². The summed E-state index contributed by atoms with van der Waals surface area (Å²) in [7, 11) is 0. The second-order valence-corrected chi connectivity index (χ2v) is 3.89. The lowest BCUT2D eigenvalue weighted by molar-refractivity contribution is 0.0691. The van der Waals surface area contributed by atoms with E-state index in [2.05, 4.69) is 15.1 Å². The molecule has 0 saturated heterocycles. The minimum absolute atomic E-state index is 0.00947. The van der Waals surface area contributed by atoms with E-state index in [0.717, 1.165) is 5.56 Å². The zero-order valence-electron chi connectivity index (χ0n) is 9.48. The maximum absolute atomic E-state index is 10.8. The second-order valence-electron chi connectivity index (χ2n) is 3.89. The smallest absolute Gasteiger partial charge is 0.356 e. The van der Waals surface area contributed by atoms with E-state index in [1.54, 1.807) is 9.08 Å². The molecule has 7 heteroatoms. The summed E-state index contributed by atoms with van der Waals surface area (Å²) in [6.07, 6.45) is 4.34. The van der Waals surface area contributed by atoms with Crippen LogP contribution in [0.5, 0.6) is 0 Å². The molecule has 0 spiro atoms. The van der Waals surface area contributed by atoms with Gasteiger partial charge in [-0.05, 0) is 24.6 Å². The monoisotopic (exact) mass is 243 g/mol. The first-order valence-corrected chi connectivity index (χ1v) is 5.23. The van der Waals surface area contributed by atoms with Gasteiger partial charge in [-0.15, -0.1) is 0 Å². The molecule has 0 aliphatic carbocycles. The zero-order chi connectivity index (χ0) is 12.7. The molecule has 18 heavy (non-hydrogen) atoms. The number of aromatic nitrogens is 5. The topological polar surface area (TPSA) is 85.3 Å². The molecule has 90 valence electrons. The van der Waals surface area contributed by atoms with Gasteiger partial charge in [-0.2, -0.15) is 9.61 Å². The first-order valence-electron chi connectivity index (χ1n) is 5.23. The highest BCUT2D eigenvalue weighted by atomic mass is 16.4. The van der Waals surface area contributed by atoms with Crippen LogP contribution in [0.2, 0.25) is 0 Å². The van der Waals surface area contributed by atoms with Crippen molar-refractivity contribution in [1.82, 2.24) is 24.1 Å². The minimum Gasteiger partial charge on any atom is -0.476 e. The highest BCUT2D eigenvalue weighted by Crippen LogP contribution is 2.13. The number of pyridine rings is 1. The van der Waals surface area contributed by atoms with Crippen LogP contribution in [-0.4, -0.2) is 35.2 Å². The van der Waals surface area contributed by atoms with Gasteiger partial charge in [0.15, 0.2) is 11.3 Å². The van der Waals surface area contributed by atoms with Gasteiger partial charge < -0.3 is 5.11 Å². The van der Waals surface area contributed by atoms with Crippen LogP contribution in [0.3, 0.4) is 0 Å². The van der Waals surface area contributed by atoms with Gasteiger partial charge in [-0.3, -0.25) is 4.57 Å². The molecule has 1 N–H and O–H groups in total. The number of hydrogen-bond acceptors (Lipinski definition) is 4. The number of aryl methyl sites for hydroxylation is 1. The number of carboxylic acid groups (broad SMARTS) is 1. The molecule has 3 rings (SSSR count). The Labute approximate surface area is 101 Å². The van der Waals surface area contributed by atoms with E-state index >= 15 is 0 Å². The van der Waals surface area contributed by atoms with Gasteiger partial charge in [0.2, 0.25) is 0 Å². The molecule has 0 aromatic carbocycles. The first kappa shape index (κ1) is 10.5. The molecule has 3 aromatic rings. The average Bonchev–Trinajstić information content (AvgIpc) is 2.95. The predicted molar refractivity (Wildman–Crippen MR) is 61.8 cm³/mol. The number of imidazole rings is 1. The molecule has 0 bridgehead atoms. The highest BCUT2D eigenvalue weighted by Gasteiger charge is 2.10. The second kappa shape index (κ2) is 3.66. The van der Waals surface area contributed by atoms with Crippen LogP contribution in [0, 0.1) is 6.92 Å². The summed E-state index contributed by atoms with van der Waals surface area (Å²) in [6, 6.07) is 3.78. The number of aromatic carboxylic acids is 1. The number of hydrogen-bond donors (Lipinski definition) is 1. The van der Waals surface area contributed by atoms with Gasteiger partial charge >= 0.3 is 5.97 Å². The van der Waals surface area contributed by atoms with Gasteiger partial charge in [-0.25, -0.2) is 14.8 Å². The van der Waals surface area contributed by atoms with Crippen molar-refractivity contribution in [3.8, 4) is 5.82 Å². The van der Waals surface area contributed by atoms with Crippen molar-refractivity contribution in [2.75, 3.05) is 0 Å². The number of rotatable bonds is 2. The summed E-state index contributed by atoms with van der Waals surface area (Å²) in [4.78, 5) is 18.7. The fourth-order valence-electron chi connectivity index (χ4n) is 1.78. The number of carbonyl (C=O) groups is 1. The van der Waals surface area contributed by atoms with E-state index in [9.17, 15) is 4.79 Å². The Morgan fingerprint density at radius 2 is 2.17 bits per heavy atom. The molecule has 0 aliphatic rings. The first-order chi connectivity index (χ1) is 8.65. The summed E-state index contributed by atoms with van der Waals surface area (Å²) in [5.41, 5.74) is 1.71. The van der Waals surface area contributed by atoms with E-state index in [1.807, 2.05) is 19.1 Å². The van der Waals surface area contributed by atoms with E-state index in [4.69, 9.17) is 5.11 Å². The maximum atomic E-state index is 10.8. The molecule has 0 radical (unpaired) electrons. The van der Waals surface area contributed by atoms with E-state index < -0.39 is 5.97 Å². The van der Waals surface area contributed by atoms with Crippen molar-refractivity contribution in [1.29, 1.82) is 0 Å². The molecular formula is C11H9N5O2. The molecule has 0 fully saturated rings. The lowest BCUT2D eigenvalue weighted by Gasteiger charge is -2.05. The number of nitrogens with zero attached hydrogens (tertiary/aromatic N) is 5. The van der Waals surface area contributed by atoms with Gasteiger partial charge in [0.25, 0.3) is 0 Å². The van der Waals surface area contributed by atoms with E-state index in [0.29, 0.717) is 11.5 Å². The highest BCUT2D eigenvalue weighted by molar-refractivity contribution is 5.85. The lowest BCUT2D eigenvalue weighted by atomic mass is 10.3. The summed E-state index contributed by atoms with van der Waals surface area (Å²) >= 11 is 0. The van der Waals surface area contributed by atoms with Gasteiger partial charge in [0.05, 0.1) is 0 Å². The minimum atomic E-state index is -1.06. The maximum Gasteiger partial charge on any atom is 0.356 e. The Morgan fingerprint density at radius 3 is 2.89 bits per heavy atom. The third-order valence-corrected chi connectivity index (χ3v) is 2.57. The van der Waals surface area contributed by atoms with Crippen molar-refractivity contribution < 1.29 is 9.90 Å². The van der Waals surface area contributed by atoms with Gasteiger partial charge in [-0.1, -0.05) is 0 Å². The third-order valence-electron chi connectivity index (χ3n) is 2.57. The van der Waals surface area contributed by atoms with Gasteiger partial charge in [0.1, 0.15) is 18.5 Å². The Morgan fingerprint density at radius 1 is 1.33 bits per heavy atom. The zero-order valence-corrected chi connectivity index (χ0v) is 9.48. The van der Waals surface area contributed by atoms with Crippen molar-refractivity contribution in [2.24, 2.45) is 0 Å². The van der Waals surface area contributed by atoms with E-state index in [1.165, 1.54) is 18.9 Å². The largest absolute Gasteiger partial charge is 0.476 e. The quantitative estimate of drug-likeness (QED) is 0.723. The van der Waals surface area contributed by atoms with Crippen molar-refractivity contribution in [3.05, 3.63) is 42.2 Å². The molecule has 0 saturated carbocycles. The summed E-state index contributed by atoms with van der Waals surface area (Å²) in [5, 5.41) is 13.0. The predicted octanol–water partition coefficient (Wildman–Crippen LogP) is 0.922. The molecular weight excluding hydrogens is 234 g/mol. The van der Waals surface area contributed by atoms with Crippen LogP contribution in [-0.2, 0) is 0 Å². The van der Waals surface area contributed by atoms with Crippen LogP contribution in [0.1, 0.15) is 16.1 Å². The average molecular weight is 243 g/mol. The molecule has 0 atom stereocenters. The molecule has 0 unspecified atom stereocenters. The summed E-state index contributed by atoms with van der Waals surface area (Å²) in [6.45, 7) is 1.94. The molecule has 0 amide bonds. The fourth-order valence-corrected chi connectivity index (χ4v) is 1.78. The lowest BCUT2D eigenvalue weighted by Crippen LogP contribution is -2.02. The Kier molecular flexibility index (Phi) is 2.12. The normalized spacial score (nSPS) is 10.9. The number of fused-ring (bicyclic) bond motifs is 1. The standard InChI is InChI=1S/C11H9N5O2/c1-7-2-9-12-5-14-16(9)10(3-7)15-4-8(11(17)18)13-6-15/h2-6H,1H3,(H,17,18). The fraction of sp³-hybridized carbons (Fsp3) is 0.0909. The summed E-state index contributed by atoms with van der Waals surface area (Å²) in [5.74, 6) is -0.362. The van der Waals surface area contributed by atoms with Crippen molar-refractivity contribution >= 4 is 11.6 Å². The van der Waals surface area contributed by atoms with Crippen molar-refractivity contribution in [3.63, 3.8) is 0 Å². The van der Waals surface area contributed by atoms with Crippen LogP contribution in [0.15, 0.2) is 31.0 Å². The summed E-state index contributed by atoms with van der Waals surface area (Å²) < 4.78 is 3.23. The van der Waals surface area contributed by atoms with Crippen LogP contribution in [0.25, 0.3) is 11.5 Å². The molecule has 3 aromatic heterocycles. The van der Waals surface area contributed by atoms with Crippen LogP contribution in [0.4, 0.5) is 0 Å². The Balaban J connectivity index is 2.23. The van der Waals surface area contributed by atoms with Crippen molar-refractivity contribution in [2.45, 2.75) is 6.92 Å². The Bertz CT molecular complexity index is 743. The third kappa shape index (κ3) is 1.53.